The second-order valence-corrected chi connectivity index (χ2v) is 4.97. The van der Waals surface area contributed by atoms with Gasteiger partial charge in [-0.3, -0.25) is 0 Å². The average Bonchev–Trinajstić information content (AvgIpc) is 2.78. The van der Waals surface area contributed by atoms with E-state index < -0.39 is 0 Å². The first-order chi connectivity index (χ1) is 8.79. The van der Waals surface area contributed by atoms with E-state index in [1.807, 2.05) is 6.07 Å². The Balaban J connectivity index is 2.00. The van der Waals surface area contributed by atoms with Crippen molar-refractivity contribution in [1.29, 1.82) is 0 Å². The third kappa shape index (κ3) is 1.86. The van der Waals surface area contributed by atoms with Crippen LogP contribution < -0.4 is 10.6 Å². The molecule has 2 heterocycles. The number of fused-ring (bicyclic) bond motifs is 1. The van der Waals surface area contributed by atoms with Gasteiger partial charge in [-0.1, -0.05) is 12.1 Å². The quantitative estimate of drug-likeness (QED) is 0.878. The number of hydrogen-bond acceptors (Lipinski definition) is 3. The standard InChI is InChI=1S/C14H20N4/c1-2-18-13-6-4-3-5-12(13)16-14(18)17-9-7-11(15)8-10-17/h3-6,11H,2,7-10,15H2,1H3. The number of aromatic nitrogens is 2. The van der Waals surface area contributed by atoms with Crippen molar-refractivity contribution in [1.82, 2.24) is 9.55 Å². The van der Waals surface area contributed by atoms with Crippen LogP contribution in [0.2, 0.25) is 0 Å². The minimum Gasteiger partial charge on any atom is -0.342 e. The van der Waals surface area contributed by atoms with E-state index in [4.69, 9.17) is 10.7 Å². The molecule has 3 rings (SSSR count). The van der Waals surface area contributed by atoms with Crippen molar-refractivity contribution in [2.45, 2.75) is 32.4 Å². The topological polar surface area (TPSA) is 47.1 Å². The molecule has 0 spiro atoms. The van der Waals surface area contributed by atoms with Gasteiger partial charge in [-0.25, -0.2) is 4.98 Å². The van der Waals surface area contributed by atoms with Crippen molar-refractivity contribution in [2.75, 3.05) is 18.0 Å². The SMILES string of the molecule is CCn1c(N2CCC(N)CC2)nc2ccccc21. The van der Waals surface area contributed by atoms with E-state index in [1.165, 1.54) is 5.52 Å². The van der Waals surface area contributed by atoms with Gasteiger partial charge in [0.15, 0.2) is 0 Å². The summed E-state index contributed by atoms with van der Waals surface area (Å²) in [6, 6.07) is 8.71. The Bertz CT molecular complexity index is 538. The molecule has 0 atom stereocenters. The fourth-order valence-corrected chi connectivity index (χ4v) is 2.72. The van der Waals surface area contributed by atoms with E-state index in [0.29, 0.717) is 6.04 Å². The lowest BCUT2D eigenvalue weighted by Gasteiger charge is -2.31. The molecule has 0 bridgehead atoms. The molecule has 1 aromatic carbocycles. The summed E-state index contributed by atoms with van der Waals surface area (Å²) in [6.07, 6.45) is 2.12. The van der Waals surface area contributed by atoms with E-state index >= 15 is 0 Å². The molecular formula is C14H20N4. The minimum absolute atomic E-state index is 0.362. The van der Waals surface area contributed by atoms with Crippen LogP contribution in [-0.4, -0.2) is 28.7 Å². The Labute approximate surface area is 107 Å². The summed E-state index contributed by atoms with van der Waals surface area (Å²) in [4.78, 5) is 7.15. The molecule has 0 saturated carbocycles. The number of rotatable bonds is 2. The van der Waals surface area contributed by atoms with Gasteiger partial charge in [0.25, 0.3) is 0 Å². The van der Waals surface area contributed by atoms with Crippen molar-refractivity contribution >= 4 is 17.0 Å². The molecule has 96 valence electrons. The van der Waals surface area contributed by atoms with Gasteiger partial charge < -0.3 is 15.2 Å². The fraction of sp³-hybridized carbons (Fsp3) is 0.500. The molecule has 0 amide bonds. The average molecular weight is 244 g/mol. The normalized spacial score (nSPS) is 17.6. The number of aryl methyl sites for hydroxylation is 1. The Morgan fingerprint density at radius 1 is 1.28 bits per heavy atom. The van der Waals surface area contributed by atoms with E-state index in [1.54, 1.807) is 0 Å². The third-order valence-corrected chi connectivity index (χ3v) is 3.77. The second kappa shape index (κ2) is 4.61. The smallest absolute Gasteiger partial charge is 0.206 e. The van der Waals surface area contributed by atoms with Gasteiger partial charge in [-0.05, 0) is 31.9 Å². The maximum atomic E-state index is 5.97. The van der Waals surface area contributed by atoms with Crippen LogP contribution in [0.5, 0.6) is 0 Å². The largest absolute Gasteiger partial charge is 0.342 e. The number of benzene rings is 1. The zero-order chi connectivity index (χ0) is 12.5. The first kappa shape index (κ1) is 11.5. The molecule has 0 aliphatic carbocycles. The summed E-state index contributed by atoms with van der Waals surface area (Å²) in [6.45, 7) is 5.17. The number of piperidine rings is 1. The van der Waals surface area contributed by atoms with Gasteiger partial charge in [0.2, 0.25) is 5.95 Å². The van der Waals surface area contributed by atoms with Gasteiger partial charge in [-0.2, -0.15) is 0 Å². The van der Waals surface area contributed by atoms with Crippen LogP contribution in [0, 0.1) is 0 Å². The van der Waals surface area contributed by atoms with Crippen LogP contribution in [0.1, 0.15) is 19.8 Å². The molecule has 2 aromatic rings. The minimum atomic E-state index is 0.362. The zero-order valence-electron chi connectivity index (χ0n) is 10.8. The van der Waals surface area contributed by atoms with Gasteiger partial charge in [0.05, 0.1) is 11.0 Å². The zero-order valence-corrected chi connectivity index (χ0v) is 10.8. The number of anilines is 1. The molecule has 18 heavy (non-hydrogen) atoms. The second-order valence-electron chi connectivity index (χ2n) is 4.97. The van der Waals surface area contributed by atoms with Gasteiger partial charge in [-0.15, -0.1) is 0 Å². The Hall–Kier alpha value is -1.55. The lowest BCUT2D eigenvalue weighted by molar-refractivity contribution is 0.491. The van der Waals surface area contributed by atoms with Crippen molar-refractivity contribution in [3.63, 3.8) is 0 Å². The van der Waals surface area contributed by atoms with E-state index in [0.717, 1.165) is 43.9 Å². The molecule has 1 saturated heterocycles. The third-order valence-electron chi connectivity index (χ3n) is 3.77. The summed E-state index contributed by atoms with van der Waals surface area (Å²) < 4.78 is 2.30. The van der Waals surface area contributed by atoms with Crippen LogP contribution in [-0.2, 0) is 6.54 Å². The predicted octanol–water partition coefficient (Wildman–Crippen LogP) is 1.98. The molecule has 0 radical (unpaired) electrons. The van der Waals surface area contributed by atoms with Gasteiger partial charge >= 0.3 is 0 Å². The number of nitrogens with zero attached hydrogens (tertiary/aromatic N) is 3. The molecule has 2 N–H and O–H groups in total. The molecule has 0 unspecified atom stereocenters. The molecule has 1 aliphatic heterocycles. The molecule has 1 aliphatic rings. The van der Waals surface area contributed by atoms with E-state index in [-0.39, 0.29) is 0 Å². The molecule has 1 aromatic heterocycles. The Morgan fingerprint density at radius 2 is 2.00 bits per heavy atom. The summed E-state index contributed by atoms with van der Waals surface area (Å²) in [5, 5.41) is 0. The van der Waals surface area contributed by atoms with E-state index in [9.17, 15) is 0 Å². The summed E-state index contributed by atoms with van der Waals surface area (Å²) in [5.41, 5.74) is 8.28. The number of para-hydroxylation sites is 2. The highest BCUT2D eigenvalue weighted by Crippen LogP contribution is 2.24. The Morgan fingerprint density at radius 3 is 2.72 bits per heavy atom. The van der Waals surface area contributed by atoms with Crippen LogP contribution in [0.3, 0.4) is 0 Å². The van der Waals surface area contributed by atoms with Gasteiger partial charge in [0.1, 0.15) is 0 Å². The summed E-state index contributed by atoms with van der Waals surface area (Å²) >= 11 is 0. The van der Waals surface area contributed by atoms with Crippen LogP contribution in [0.15, 0.2) is 24.3 Å². The van der Waals surface area contributed by atoms with Crippen LogP contribution in [0.4, 0.5) is 5.95 Å². The first-order valence-electron chi connectivity index (χ1n) is 6.75. The highest BCUT2D eigenvalue weighted by molar-refractivity contribution is 5.78. The summed E-state index contributed by atoms with van der Waals surface area (Å²) in [7, 11) is 0. The van der Waals surface area contributed by atoms with Crippen molar-refractivity contribution < 1.29 is 0 Å². The molecule has 4 heteroatoms. The highest BCUT2D eigenvalue weighted by atomic mass is 15.3. The van der Waals surface area contributed by atoms with Gasteiger partial charge in [0, 0.05) is 25.7 Å². The van der Waals surface area contributed by atoms with Crippen LogP contribution >= 0.6 is 0 Å². The molecule has 4 nitrogen and oxygen atoms in total. The highest BCUT2D eigenvalue weighted by Gasteiger charge is 2.21. The van der Waals surface area contributed by atoms with Crippen molar-refractivity contribution in [3.8, 4) is 0 Å². The monoisotopic (exact) mass is 244 g/mol. The Kier molecular flexibility index (Phi) is 2.96. The maximum absolute atomic E-state index is 5.97. The fourth-order valence-electron chi connectivity index (χ4n) is 2.72. The molecular weight excluding hydrogens is 224 g/mol. The van der Waals surface area contributed by atoms with Crippen molar-refractivity contribution in [2.24, 2.45) is 5.73 Å². The molecule has 1 fully saturated rings. The lowest BCUT2D eigenvalue weighted by Crippen LogP contribution is -2.40. The van der Waals surface area contributed by atoms with Crippen molar-refractivity contribution in [3.05, 3.63) is 24.3 Å². The first-order valence-corrected chi connectivity index (χ1v) is 6.75. The van der Waals surface area contributed by atoms with E-state index in [2.05, 4.69) is 34.6 Å². The predicted molar refractivity (Wildman–Crippen MR) is 74.8 cm³/mol. The maximum Gasteiger partial charge on any atom is 0.206 e. The number of hydrogen-bond donors (Lipinski definition) is 1. The number of nitrogens with two attached hydrogens (primary N) is 1. The van der Waals surface area contributed by atoms with Crippen LogP contribution in [0.25, 0.3) is 11.0 Å². The summed E-state index contributed by atoms with van der Waals surface area (Å²) in [5.74, 6) is 1.10. The lowest BCUT2D eigenvalue weighted by atomic mass is 10.1. The number of imidazole rings is 1.